The fraction of sp³-hybridized carbons (Fsp3) is 0.286. The summed E-state index contributed by atoms with van der Waals surface area (Å²) in [6.45, 7) is 0. The van der Waals surface area contributed by atoms with Crippen LogP contribution in [0.15, 0.2) is 22.8 Å². The molecule has 4 heteroatoms. The fourth-order valence-electron chi connectivity index (χ4n) is 0.982. The molecule has 1 fully saturated rings. The van der Waals surface area contributed by atoms with E-state index in [1.807, 2.05) is 12.1 Å². The average molecular weight is 169 g/mol. The van der Waals surface area contributed by atoms with Gasteiger partial charge in [-0.1, -0.05) is 0 Å². The first-order valence-corrected chi connectivity index (χ1v) is 4.35. The Bertz CT molecular complexity index is 257. The molecule has 2 heterocycles. The lowest BCUT2D eigenvalue weighted by Crippen LogP contribution is -2.18. The molecule has 1 aromatic rings. The summed E-state index contributed by atoms with van der Waals surface area (Å²) in [4.78, 5) is 10.8. The third-order valence-corrected chi connectivity index (χ3v) is 2.59. The van der Waals surface area contributed by atoms with Crippen LogP contribution in [0.3, 0.4) is 0 Å². The van der Waals surface area contributed by atoms with Crippen molar-refractivity contribution in [3.63, 3.8) is 0 Å². The zero-order valence-corrected chi connectivity index (χ0v) is 6.56. The number of hydrogen-bond donors (Lipinski definition) is 1. The van der Waals surface area contributed by atoms with Crippen LogP contribution in [0.25, 0.3) is 0 Å². The van der Waals surface area contributed by atoms with E-state index >= 15 is 0 Å². The molecule has 58 valence electrons. The van der Waals surface area contributed by atoms with E-state index in [0.717, 1.165) is 5.76 Å². The number of nitrogens with one attached hydrogen (secondary N) is 1. The predicted molar refractivity (Wildman–Crippen MR) is 42.0 cm³/mol. The second kappa shape index (κ2) is 2.62. The number of hydrogen-bond acceptors (Lipinski definition) is 3. The fourth-order valence-corrected chi connectivity index (χ4v) is 1.90. The minimum absolute atomic E-state index is 0.0255. The van der Waals surface area contributed by atoms with Gasteiger partial charge in [-0.05, 0) is 12.1 Å². The minimum Gasteiger partial charge on any atom is -0.466 e. The van der Waals surface area contributed by atoms with Crippen LogP contribution in [0, 0.1) is 0 Å². The number of amides is 1. The summed E-state index contributed by atoms with van der Waals surface area (Å²) in [5.74, 6) is 1.43. The number of rotatable bonds is 1. The SMILES string of the molecule is O=C1CS[C@H](c2ccco2)N1. The molecule has 0 aliphatic carbocycles. The highest BCUT2D eigenvalue weighted by Crippen LogP contribution is 2.30. The monoisotopic (exact) mass is 169 g/mol. The van der Waals surface area contributed by atoms with Crippen LogP contribution in [-0.2, 0) is 4.79 Å². The number of carbonyl (C=O) groups is 1. The number of furan rings is 1. The van der Waals surface area contributed by atoms with Crippen LogP contribution in [0.5, 0.6) is 0 Å². The summed E-state index contributed by atoms with van der Waals surface area (Å²) in [7, 11) is 0. The van der Waals surface area contributed by atoms with Gasteiger partial charge in [0.05, 0.1) is 12.0 Å². The predicted octanol–water partition coefficient (Wildman–Crippen LogP) is 1.14. The van der Waals surface area contributed by atoms with Crippen molar-refractivity contribution in [1.29, 1.82) is 0 Å². The van der Waals surface area contributed by atoms with Crippen molar-refractivity contribution >= 4 is 17.7 Å². The van der Waals surface area contributed by atoms with Gasteiger partial charge in [0.15, 0.2) is 0 Å². The van der Waals surface area contributed by atoms with Gasteiger partial charge in [-0.3, -0.25) is 4.79 Å². The summed E-state index contributed by atoms with van der Waals surface area (Å²) in [5.41, 5.74) is 0. The smallest absolute Gasteiger partial charge is 0.231 e. The van der Waals surface area contributed by atoms with Crippen LogP contribution in [0.2, 0.25) is 0 Å². The molecule has 2 rings (SSSR count). The molecule has 0 radical (unpaired) electrons. The normalized spacial score (nSPS) is 23.6. The van der Waals surface area contributed by atoms with Gasteiger partial charge in [0.2, 0.25) is 5.91 Å². The van der Waals surface area contributed by atoms with Crippen molar-refractivity contribution in [2.24, 2.45) is 0 Å². The Morgan fingerprint density at radius 1 is 1.73 bits per heavy atom. The van der Waals surface area contributed by atoms with Crippen LogP contribution < -0.4 is 5.32 Å². The molecule has 0 unspecified atom stereocenters. The van der Waals surface area contributed by atoms with Crippen LogP contribution in [0.4, 0.5) is 0 Å². The molecule has 1 aliphatic rings. The van der Waals surface area contributed by atoms with Gasteiger partial charge >= 0.3 is 0 Å². The number of thioether (sulfide) groups is 1. The van der Waals surface area contributed by atoms with Crippen LogP contribution >= 0.6 is 11.8 Å². The first kappa shape index (κ1) is 6.79. The molecule has 11 heavy (non-hydrogen) atoms. The van der Waals surface area contributed by atoms with Gasteiger partial charge in [0.1, 0.15) is 11.1 Å². The average Bonchev–Trinajstić information content (AvgIpc) is 2.55. The maximum Gasteiger partial charge on any atom is 0.231 e. The van der Waals surface area contributed by atoms with Gasteiger partial charge in [-0.25, -0.2) is 0 Å². The summed E-state index contributed by atoms with van der Waals surface area (Å²) in [5, 5.41) is 2.81. The third-order valence-electron chi connectivity index (χ3n) is 1.47. The molecule has 1 aromatic heterocycles. The second-order valence-electron chi connectivity index (χ2n) is 2.27. The van der Waals surface area contributed by atoms with Gasteiger partial charge in [-0.2, -0.15) is 0 Å². The van der Waals surface area contributed by atoms with Crippen molar-refractivity contribution in [2.75, 3.05) is 5.75 Å². The Kier molecular flexibility index (Phi) is 1.62. The van der Waals surface area contributed by atoms with Crippen LogP contribution in [0.1, 0.15) is 11.1 Å². The Morgan fingerprint density at radius 3 is 3.18 bits per heavy atom. The Morgan fingerprint density at radius 2 is 2.64 bits per heavy atom. The highest BCUT2D eigenvalue weighted by Gasteiger charge is 2.24. The Hall–Kier alpha value is -0.900. The molecule has 1 amide bonds. The van der Waals surface area contributed by atoms with Gasteiger partial charge in [0, 0.05) is 0 Å². The molecule has 1 atom stereocenters. The third kappa shape index (κ3) is 1.26. The van der Waals surface area contributed by atoms with Crippen molar-refractivity contribution < 1.29 is 9.21 Å². The molecular weight excluding hydrogens is 162 g/mol. The maximum atomic E-state index is 10.8. The molecule has 0 bridgehead atoms. The Labute approximate surface area is 68.1 Å². The largest absolute Gasteiger partial charge is 0.466 e. The zero-order valence-electron chi connectivity index (χ0n) is 5.74. The van der Waals surface area contributed by atoms with Gasteiger partial charge in [0.25, 0.3) is 0 Å². The highest BCUT2D eigenvalue weighted by atomic mass is 32.2. The summed E-state index contributed by atoms with van der Waals surface area (Å²) >= 11 is 1.55. The maximum absolute atomic E-state index is 10.8. The lowest BCUT2D eigenvalue weighted by molar-refractivity contribution is -0.118. The van der Waals surface area contributed by atoms with E-state index in [2.05, 4.69) is 5.32 Å². The summed E-state index contributed by atoms with van der Waals surface area (Å²) in [6, 6.07) is 3.68. The van der Waals surface area contributed by atoms with Crippen LogP contribution in [-0.4, -0.2) is 11.7 Å². The molecule has 0 saturated carbocycles. The van der Waals surface area contributed by atoms with E-state index in [0.29, 0.717) is 5.75 Å². The summed E-state index contributed by atoms with van der Waals surface area (Å²) < 4.78 is 5.13. The van der Waals surface area contributed by atoms with Crippen molar-refractivity contribution in [3.05, 3.63) is 24.2 Å². The van der Waals surface area contributed by atoms with E-state index in [1.54, 1.807) is 18.0 Å². The van der Waals surface area contributed by atoms with Crippen molar-refractivity contribution in [1.82, 2.24) is 5.32 Å². The molecule has 1 saturated heterocycles. The molecular formula is C7H7NO2S. The molecule has 1 N–H and O–H groups in total. The Balaban J connectivity index is 2.13. The van der Waals surface area contributed by atoms with E-state index in [1.165, 1.54) is 0 Å². The lowest BCUT2D eigenvalue weighted by atomic mass is 10.4. The van der Waals surface area contributed by atoms with Gasteiger partial charge in [-0.15, -0.1) is 11.8 Å². The summed E-state index contributed by atoms with van der Waals surface area (Å²) in [6.07, 6.45) is 1.61. The van der Waals surface area contributed by atoms with E-state index < -0.39 is 0 Å². The lowest BCUT2D eigenvalue weighted by Gasteiger charge is -2.03. The van der Waals surface area contributed by atoms with E-state index in [9.17, 15) is 4.79 Å². The second-order valence-corrected chi connectivity index (χ2v) is 3.37. The number of carbonyl (C=O) groups excluding carboxylic acids is 1. The van der Waals surface area contributed by atoms with E-state index in [-0.39, 0.29) is 11.3 Å². The topological polar surface area (TPSA) is 42.2 Å². The van der Waals surface area contributed by atoms with E-state index in [4.69, 9.17) is 4.42 Å². The van der Waals surface area contributed by atoms with Crippen molar-refractivity contribution in [2.45, 2.75) is 5.37 Å². The standard InChI is InChI=1S/C7H7NO2S/c9-6-4-11-7(8-6)5-2-1-3-10-5/h1-3,7H,4H2,(H,8,9)/t7-/m1/s1. The molecule has 3 nitrogen and oxygen atoms in total. The first-order valence-electron chi connectivity index (χ1n) is 3.30. The quantitative estimate of drug-likeness (QED) is 0.685. The molecule has 1 aliphatic heterocycles. The first-order chi connectivity index (χ1) is 5.36. The zero-order chi connectivity index (χ0) is 7.68. The van der Waals surface area contributed by atoms with Crippen molar-refractivity contribution in [3.8, 4) is 0 Å². The molecule has 0 aromatic carbocycles. The highest BCUT2D eigenvalue weighted by molar-refractivity contribution is 8.00. The molecule has 0 spiro atoms. The minimum atomic E-state index is 0.0255. The van der Waals surface area contributed by atoms with Gasteiger partial charge < -0.3 is 9.73 Å².